The number of halogens is 2. The summed E-state index contributed by atoms with van der Waals surface area (Å²) in [5.74, 6) is 1.02. The first-order valence-corrected chi connectivity index (χ1v) is 8.26. The summed E-state index contributed by atoms with van der Waals surface area (Å²) < 4.78 is 6.94. The molecule has 0 radical (unpaired) electrons. The molecule has 2 aromatic carbocycles. The van der Waals surface area contributed by atoms with Crippen LogP contribution < -0.4 is 10.1 Å². The fraction of sp³-hybridized carbons (Fsp3) is 0.294. The lowest BCUT2D eigenvalue weighted by atomic mass is 9.99. The Hall–Kier alpha value is -1.19. The van der Waals surface area contributed by atoms with Crippen LogP contribution in [-0.2, 0) is 0 Å². The van der Waals surface area contributed by atoms with E-state index in [9.17, 15) is 0 Å². The van der Waals surface area contributed by atoms with E-state index in [0.717, 1.165) is 40.4 Å². The van der Waals surface area contributed by atoms with E-state index in [-0.39, 0.29) is 6.04 Å². The minimum Gasteiger partial charge on any atom is -0.493 e. The fourth-order valence-corrected chi connectivity index (χ4v) is 3.24. The molecule has 1 N–H and O–H groups in total. The van der Waals surface area contributed by atoms with Crippen LogP contribution in [0.3, 0.4) is 0 Å². The van der Waals surface area contributed by atoms with E-state index < -0.39 is 0 Å². The Kier molecular flexibility index (Phi) is 4.41. The molecule has 1 atom stereocenters. The molecule has 4 heteroatoms. The van der Waals surface area contributed by atoms with Crippen LogP contribution in [0.2, 0.25) is 5.02 Å². The number of nitrogens with one attached hydrogen (secondary N) is 1. The number of para-hydroxylation sites is 1. The molecule has 0 amide bonds. The summed E-state index contributed by atoms with van der Waals surface area (Å²) in [5.41, 5.74) is 3.42. The van der Waals surface area contributed by atoms with Crippen molar-refractivity contribution >= 4 is 33.2 Å². The maximum absolute atomic E-state index is 6.11. The van der Waals surface area contributed by atoms with Crippen LogP contribution in [0, 0.1) is 6.92 Å². The Labute approximate surface area is 138 Å². The van der Waals surface area contributed by atoms with Gasteiger partial charge in [0, 0.05) is 15.1 Å². The van der Waals surface area contributed by atoms with Crippen molar-refractivity contribution in [1.82, 2.24) is 0 Å². The zero-order valence-electron chi connectivity index (χ0n) is 11.8. The highest BCUT2D eigenvalue weighted by molar-refractivity contribution is 9.10. The van der Waals surface area contributed by atoms with E-state index in [4.69, 9.17) is 16.3 Å². The molecule has 1 heterocycles. The Morgan fingerprint density at radius 2 is 2.14 bits per heavy atom. The van der Waals surface area contributed by atoms with Crippen LogP contribution in [0.1, 0.15) is 30.0 Å². The zero-order chi connectivity index (χ0) is 14.8. The lowest BCUT2D eigenvalue weighted by molar-refractivity contribution is 0.314. The minimum absolute atomic E-state index is 0.233. The SMILES string of the molecule is Cc1cccc2c1OCCCC2Nc1cc(Cl)ccc1Br. The van der Waals surface area contributed by atoms with Crippen molar-refractivity contribution in [2.75, 3.05) is 11.9 Å². The molecule has 0 fully saturated rings. The van der Waals surface area contributed by atoms with Crippen LogP contribution in [0.5, 0.6) is 5.75 Å². The Morgan fingerprint density at radius 1 is 1.29 bits per heavy atom. The third kappa shape index (κ3) is 3.19. The van der Waals surface area contributed by atoms with Crippen LogP contribution in [-0.4, -0.2) is 6.61 Å². The molecule has 2 aromatic rings. The van der Waals surface area contributed by atoms with Gasteiger partial charge in [-0.3, -0.25) is 0 Å². The number of benzene rings is 2. The fourth-order valence-electron chi connectivity index (χ4n) is 2.71. The first-order valence-electron chi connectivity index (χ1n) is 7.09. The smallest absolute Gasteiger partial charge is 0.127 e. The monoisotopic (exact) mass is 365 g/mol. The predicted octanol–water partition coefficient (Wildman–Crippen LogP) is 5.74. The second-order valence-electron chi connectivity index (χ2n) is 5.31. The molecule has 0 aromatic heterocycles. The van der Waals surface area contributed by atoms with Crippen molar-refractivity contribution in [2.24, 2.45) is 0 Å². The molecule has 1 aliphatic heterocycles. The van der Waals surface area contributed by atoms with Gasteiger partial charge in [0.1, 0.15) is 5.75 Å². The summed E-state index contributed by atoms with van der Waals surface area (Å²) in [6.07, 6.45) is 2.07. The van der Waals surface area contributed by atoms with Crippen LogP contribution in [0.25, 0.3) is 0 Å². The van der Waals surface area contributed by atoms with Gasteiger partial charge in [-0.25, -0.2) is 0 Å². The van der Waals surface area contributed by atoms with Gasteiger partial charge in [-0.05, 0) is 59.5 Å². The predicted molar refractivity (Wildman–Crippen MR) is 91.4 cm³/mol. The highest BCUT2D eigenvalue weighted by atomic mass is 79.9. The molecule has 110 valence electrons. The van der Waals surface area contributed by atoms with Crippen molar-refractivity contribution in [3.63, 3.8) is 0 Å². The number of aryl methyl sites for hydroxylation is 1. The van der Waals surface area contributed by atoms with E-state index in [2.05, 4.69) is 46.4 Å². The normalized spacial score (nSPS) is 17.6. The van der Waals surface area contributed by atoms with Crippen LogP contribution >= 0.6 is 27.5 Å². The third-order valence-corrected chi connectivity index (χ3v) is 4.69. The van der Waals surface area contributed by atoms with Gasteiger partial charge in [-0.1, -0.05) is 29.8 Å². The summed E-state index contributed by atoms with van der Waals surface area (Å²) in [4.78, 5) is 0. The summed E-state index contributed by atoms with van der Waals surface area (Å²) in [7, 11) is 0. The number of rotatable bonds is 2. The molecule has 3 rings (SSSR count). The van der Waals surface area contributed by atoms with Crippen molar-refractivity contribution in [1.29, 1.82) is 0 Å². The molecule has 1 aliphatic rings. The van der Waals surface area contributed by atoms with Crippen molar-refractivity contribution in [3.8, 4) is 5.75 Å². The van der Waals surface area contributed by atoms with Crippen LogP contribution in [0.4, 0.5) is 5.69 Å². The maximum Gasteiger partial charge on any atom is 0.127 e. The molecule has 21 heavy (non-hydrogen) atoms. The average Bonchev–Trinajstić information content (AvgIpc) is 2.67. The first kappa shape index (κ1) is 14.7. The van der Waals surface area contributed by atoms with Gasteiger partial charge in [0.2, 0.25) is 0 Å². The van der Waals surface area contributed by atoms with Crippen molar-refractivity contribution in [3.05, 3.63) is 57.0 Å². The Bertz CT molecular complexity index is 659. The van der Waals surface area contributed by atoms with E-state index in [1.165, 1.54) is 11.1 Å². The Balaban J connectivity index is 1.96. The number of fused-ring (bicyclic) bond motifs is 1. The third-order valence-electron chi connectivity index (χ3n) is 3.76. The molecule has 0 saturated carbocycles. The van der Waals surface area contributed by atoms with Gasteiger partial charge in [0.25, 0.3) is 0 Å². The topological polar surface area (TPSA) is 21.3 Å². The van der Waals surface area contributed by atoms with Crippen LogP contribution in [0.15, 0.2) is 40.9 Å². The Morgan fingerprint density at radius 3 is 3.00 bits per heavy atom. The number of hydrogen-bond donors (Lipinski definition) is 1. The van der Waals surface area contributed by atoms with Gasteiger partial charge in [-0.2, -0.15) is 0 Å². The van der Waals surface area contributed by atoms with E-state index in [1.54, 1.807) is 0 Å². The number of anilines is 1. The van der Waals surface area contributed by atoms with Gasteiger partial charge in [-0.15, -0.1) is 0 Å². The lowest BCUT2D eigenvalue weighted by Crippen LogP contribution is -2.10. The molecule has 2 nitrogen and oxygen atoms in total. The molecule has 0 saturated heterocycles. The first-order chi connectivity index (χ1) is 10.1. The number of ether oxygens (including phenoxy) is 1. The second kappa shape index (κ2) is 6.29. The summed E-state index contributed by atoms with van der Waals surface area (Å²) in [5, 5.41) is 4.33. The van der Waals surface area contributed by atoms with Crippen molar-refractivity contribution < 1.29 is 4.74 Å². The minimum atomic E-state index is 0.233. The molecule has 0 spiro atoms. The largest absolute Gasteiger partial charge is 0.493 e. The summed E-state index contributed by atoms with van der Waals surface area (Å²) in [6, 6.07) is 12.4. The highest BCUT2D eigenvalue weighted by Crippen LogP contribution is 2.37. The van der Waals surface area contributed by atoms with E-state index in [0.29, 0.717) is 0 Å². The molecular formula is C17H17BrClNO. The highest BCUT2D eigenvalue weighted by Gasteiger charge is 2.21. The molecule has 1 unspecified atom stereocenters. The zero-order valence-corrected chi connectivity index (χ0v) is 14.2. The molecule has 0 aliphatic carbocycles. The second-order valence-corrected chi connectivity index (χ2v) is 6.60. The quantitative estimate of drug-likeness (QED) is 0.732. The average molecular weight is 367 g/mol. The lowest BCUT2D eigenvalue weighted by Gasteiger charge is -2.21. The summed E-state index contributed by atoms with van der Waals surface area (Å²) >= 11 is 9.69. The molecular weight excluding hydrogens is 350 g/mol. The van der Waals surface area contributed by atoms with Gasteiger partial charge >= 0.3 is 0 Å². The molecule has 0 bridgehead atoms. The van der Waals surface area contributed by atoms with Gasteiger partial charge < -0.3 is 10.1 Å². The maximum atomic E-state index is 6.11. The number of hydrogen-bond acceptors (Lipinski definition) is 2. The summed E-state index contributed by atoms with van der Waals surface area (Å²) in [6.45, 7) is 2.86. The standard InChI is InChI=1S/C17H17BrClNO/c1-11-4-2-5-13-15(6-3-9-21-17(11)13)20-16-10-12(19)7-8-14(16)18/h2,4-5,7-8,10,15,20H,3,6,9H2,1H3. The van der Waals surface area contributed by atoms with Crippen molar-refractivity contribution in [2.45, 2.75) is 25.8 Å². The van der Waals surface area contributed by atoms with Gasteiger partial charge in [0.15, 0.2) is 0 Å². The van der Waals surface area contributed by atoms with E-state index >= 15 is 0 Å². The van der Waals surface area contributed by atoms with E-state index in [1.807, 2.05) is 18.2 Å². The van der Waals surface area contributed by atoms with Gasteiger partial charge in [0.05, 0.1) is 18.3 Å².